The maximum absolute atomic E-state index is 9.20. The van der Waals surface area contributed by atoms with Crippen LogP contribution in [0.1, 0.15) is 26.3 Å². The van der Waals surface area contributed by atoms with Gasteiger partial charge in [-0.05, 0) is 26.3 Å². The fourth-order valence-electron chi connectivity index (χ4n) is 2.94. The van der Waals surface area contributed by atoms with E-state index in [1.807, 2.05) is 51.1 Å². The third-order valence-corrected chi connectivity index (χ3v) is 4.01. The molecule has 0 spiro atoms. The minimum atomic E-state index is -0.690. The van der Waals surface area contributed by atoms with Crippen molar-refractivity contribution in [2.24, 2.45) is 5.92 Å². The van der Waals surface area contributed by atoms with E-state index in [0.717, 1.165) is 5.56 Å². The van der Waals surface area contributed by atoms with Gasteiger partial charge in [0.15, 0.2) is 12.1 Å². The first-order valence-electron chi connectivity index (χ1n) is 7.56. The number of ether oxygens (including phenoxy) is 4. The molecule has 0 unspecified atom stereocenters. The molecule has 0 aromatic heterocycles. The highest BCUT2D eigenvalue weighted by atomic mass is 16.8. The van der Waals surface area contributed by atoms with E-state index in [-0.39, 0.29) is 24.2 Å². The van der Waals surface area contributed by atoms with Crippen molar-refractivity contribution in [3.63, 3.8) is 0 Å². The van der Waals surface area contributed by atoms with Crippen LogP contribution in [0.25, 0.3) is 0 Å². The molecule has 2 fully saturated rings. The summed E-state index contributed by atoms with van der Waals surface area (Å²) in [6, 6.07) is 12.2. The molecule has 5 heteroatoms. The van der Waals surface area contributed by atoms with Gasteiger partial charge in [0.25, 0.3) is 0 Å². The molecule has 5 nitrogen and oxygen atoms in total. The highest BCUT2D eigenvalue weighted by Crippen LogP contribution is 2.40. The number of nitrogens with zero attached hydrogens (tertiary/aromatic N) is 1. The van der Waals surface area contributed by atoms with Crippen LogP contribution in [-0.4, -0.2) is 30.4 Å². The molecule has 2 saturated heterocycles. The quantitative estimate of drug-likeness (QED) is 0.855. The van der Waals surface area contributed by atoms with Crippen LogP contribution < -0.4 is 0 Å². The highest BCUT2D eigenvalue weighted by molar-refractivity contribution is 5.13. The van der Waals surface area contributed by atoms with Gasteiger partial charge in [-0.3, -0.25) is 0 Å². The van der Waals surface area contributed by atoms with Gasteiger partial charge in [-0.15, -0.1) is 0 Å². The predicted molar refractivity (Wildman–Crippen MR) is 78.5 cm³/mol. The van der Waals surface area contributed by atoms with Crippen LogP contribution in [0.3, 0.4) is 0 Å². The summed E-state index contributed by atoms with van der Waals surface area (Å²) in [6.45, 7) is 5.99. The van der Waals surface area contributed by atoms with Crippen molar-refractivity contribution in [1.29, 1.82) is 5.26 Å². The number of hydrogen-bond acceptors (Lipinski definition) is 5. The summed E-state index contributed by atoms with van der Waals surface area (Å²) in [5.74, 6) is -0.980. The maximum atomic E-state index is 9.20. The standard InChI is InChI=1S/C17H21NO4/c1-11(9-18)13-14(19-10-12-7-5-4-6-8-12)15-16(20-13)22-17(2,3)21-15/h4-8,11,13-16H,10H2,1-3H3/t11-,13-,14+,15-,16-/m1/s1. The van der Waals surface area contributed by atoms with Crippen LogP contribution in [0.2, 0.25) is 0 Å². The lowest BCUT2D eigenvalue weighted by Crippen LogP contribution is -2.39. The third-order valence-electron chi connectivity index (χ3n) is 4.01. The molecule has 5 atom stereocenters. The SMILES string of the molecule is C[C@H](C#N)[C@H]1O[C@@H]2OC(C)(C)O[C@@H]2[C@H]1OCc1ccccc1. The molecule has 0 aliphatic carbocycles. The molecule has 22 heavy (non-hydrogen) atoms. The molecule has 118 valence electrons. The van der Waals surface area contributed by atoms with E-state index in [1.54, 1.807) is 0 Å². The van der Waals surface area contributed by atoms with Crippen molar-refractivity contribution in [1.82, 2.24) is 0 Å². The molecule has 1 aromatic rings. The summed E-state index contributed by atoms with van der Waals surface area (Å²) >= 11 is 0. The van der Waals surface area contributed by atoms with E-state index in [9.17, 15) is 5.26 Å². The summed E-state index contributed by atoms with van der Waals surface area (Å²) in [4.78, 5) is 0. The molecule has 0 amide bonds. The number of benzene rings is 1. The van der Waals surface area contributed by atoms with Crippen molar-refractivity contribution in [3.05, 3.63) is 35.9 Å². The lowest BCUT2D eigenvalue weighted by Gasteiger charge is -2.27. The summed E-state index contributed by atoms with van der Waals surface area (Å²) in [5.41, 5.74) is 1.08. The lowest BCUT2D eigenvalue weighted by molar-refractivity contribution is -0.222. The zero-order valence-electron chi connectivity index (χ0n) is 13.1. The van der Waals surface area contributed by atoms with E-state index in [1.165, 1.54) is 0 Å². The monoisotopic (exact) mass is 303 g/mol. The molecule has 0 radical (unpaired) electrons. The Labute approximate surface area is 130 Å². The number of hydrogen-bond donors (Lipinski definition) is 0. The van der Waals surface area contributed by atoms with Crippen LogP contribution >= 0.6 is 0 Å². The molecular weight excluding hydrogens is 282 g/mol. The van der Waals surface area contributed by atoms with Gasteiger partial charge in [-0.25, -0.2) is 0 Å². The largest absolute Gasteiger partial charge is 0.368 e. The zero-order chi connectivity index (χ0) is 15.7. The van der Waals surface area contributed by atoms with Gasteiger partial charge in [0.1, 0.15) is 18.3 Å². The summed E-state index contributed by atoms with van der Waals surface area (Å²) in [5, 5.41) is 9.20. The lowest BCUT2D eigenvalue weighted by atomic mass is 9.99. The molecule has 1 aromatic carbocycles. The Morgan fingerprint density at radius 3 is 2.68 bits per heavy atom. The third kappa shape index (κ3) is 3.01. The Bertz CT molecular complexity index is 554. The van der Waals surface area contributed by atoms with E-state index in [2.05, 4.69) is 6.07 Å². The van der Waals surface area contributed by atoms with E-state index < -0.39 is 12.1 Å². The first-order chi connectivity index (χ1) is 10.5. The van der Waals surface area contributed by atoms with Gasteiger partial charge in [0.05, 0.1) is 18.6 Å². The van der Waals surface area contributed by atoms with Crippen molar-refractivity contribution >= 4 is 0 Å². The first-order valence-corrected chi connectivity index (χ1v) is 7.56. The molecule has 2 aliphatic rings. The van der Waals surface area contributed by atoms with Crippen molar-refractivity contribution in [3.8, 4) is 6.07 Å². The molecular formula is C17H21NO4. The van der Waals surface area contributed by atoms with Gasteiger partial charge in [-0.1, -0.05) is 30.3 Å². The van der Waals surface area contributed by atoms with Gasteiger partial charge < -0.3 is 18.9 Å². The van der Waals surface area contributed by atoms with Crippen molar-refractivity contribution in [2.45, 2.75) is 57.8 Å². The van der Waals surface area contributed by atoms with E-state index in [0.29, 0.717) is 6.61 Å². The second-order valence-corrected chi connectivity index (χ2v) is 6.25. The predicted octanol–water partition coefficient (Wildman–Crippen LogP) is 2.61. The topological polar surface area (TPSA) is 60.7 Å². The molecule has 3 rings (SSSR count). The fourth-order valence-corrected chi connectivity index (χ4v) is 2.94. The number of fused-ring (bicyclic) bond motifs is 1. The molecule has 0 saturated carbocycles. The van der Waals surface area contributed by atoms with Crippen LogP contribution in [0.15, 0.2) is 30.3 Å². The van der Waals surface area contributed by atoms with E-state index >= 15 is 0 Å². The highest BCUT2D eigenvalue weighted by Gasteiger charge is 2.56. The maximum Gasteiger partial charge on any atom is 0.190 e. The van der Waals surface area contributed by atoms with Gasteiger partial charge in [-0.2, -0.15) is 5.26 Å². The molecule has 0 bridgehead atoms. The Morgan fingerprint density at radius 2 is 2.00 bits per heavy atom. The van der Waals surface area contributed by atoms with Crippen LogP contribution in [-0.2, 0) is 25.6 Å². The molecule has 0 N–H and O–H groups in total. The van der Waals surface area contributed by atoms with Crippen molar-refractivity contribution in [2.75, 3.05) is 0 Å². The van der Waals surface area contributed by atoms with Crippen molar-refractivity contribution < 1.29 is 18.9 Å². The Balaban J connectivity index is 1.73. The average molecular weight is 303 g/mol. The molecule has 2 heterocycles. The van der Waals surface area contributed by atoms with Gasteiger partial charge in [0, 0.05) is 0 Å². The van der Waals surface area contributed by atoms with Gasteiger partial charge in [0.2, 0.25) is 0 Å². The Morgan fingerprint density at radius 1 is 1.27 bits per heavy atom. The minimum Gasteiger partial charge on any atom is -0.368 e. The molecule has 2 aliphatic heterocycles. The second kappa shape index (κ2) is 5.98. The Hall–Kier alpha value is -1.45. The van der Waals surface area contributed by atoms with Crippen LogP contribution in [0.5, 0.6) is 0 Å². The zero-order valence-corrected chi connectivity index (χ0v) is 13.1. The number of nitriles is 1. The van der Waals surface area contributed by atoms with Crippen LogP contribution in [0, 0.1) is 17.2 Å². The first kappa shape index (κ1) is 15.4. The fraction of sp³-hybridized carbons (Fsp3) is 0.588. The smallest absolute Gasteiger partial charge is 0.190 e. The van der Waals surface area contributed by atoms with E-state index in [4.69, 9.17) is 18.9 Å². The summed E-state index contributed by atoms with van der Waals surface area (Å²) in [6.07, 6.45) is -1.45. The average Bonchev–Trinajstić information content (AvgIpc) is 2.97. The Kier molecular flexibility index (Phi) is 4.20. The van der Waals surface area contributed by atoms with Gasteiger partial charge >= 0.3 is 0 Å². The summed E-state index contributed by atoms with van der Waals surface area (Å²) in [7, 11) is 0. The number of rotatable bonds is 4. The summed E-state index contributed by atoms with van der Waals surface area (Å²) < 4.78 is 23.6. The normalized spacial score (nSPS) is 34.1. The minimum absolute atomic E-state index is 0.290. The second-order valence-electron chi connectivity index (χ2n) is 6.25. The van der Waals surface area contributed by atoms with Crippen LogP contribution in [0.4, 0.5) is 0 Å².